The number of halogens is 2. The van der Waals surface area contributed by atoms with Gasteiger partial charge in [-0.3, -0.25) is 4.98 Å². The number of nitrogens with zero attached hydrogens (tertiary/aromatic N) is 4. The molecule has 152 valence electrons. The molecular formula is C21H18F2N6O. The highest BCUT2D eigenvalue weighted by Crippen LogP contribution is 2.23. The average Bonchev–Trinajstić information content (AvgIpc) is 3.13. The minimum atomic E-state index is -0.704. The molecule has 7 nitrogen and oxygen atoms in total. The smallest absolute Gasteiger partial charge is 0.319 e. The molecule has 2 N–H and O–H groups in total. The Labute approximate surface area is 170 Å². The maximum absolute atomic E-state index is 13.6. The molecule has 0 spiro atoms. The maximum Gasteiger partial charge on any atom is 0.319 e. The molecule has 0 saturated heterocycles. The second kappa shape index (κ2) is 8.64. The number of benzene rings is 1. The third kappa shape index (κ3) is 4.24. The van der Waals surface area contributed by atoms with Gasteiger partial charge in [0.05, 0.1) is 5.69 Å². The highest BCUT2D eigenvalue weighted by Gasteiger charge is 2.13. The van der Waals surface area contributed by atoms with Crippen LogP contribution in [0.1, 0.15) is 6.42 Å². The second-order valence-electron chi connectivity index (χ2n) is 6.53. The molecule has 0 aliphatic heterocycles. The van der Waals surface area contributed by atoms with Gasteiger partial charge in [0.2, 0.25) is 0 Å². The summed E-state index contributed by atoms with van der Waals surface area (Å²) in [7, 11) is 0. The van der Waals surface area contributed by atoms with Gasteiger partial charge in [-0.1, -0.05) is 0 Å². The van der Waals surface area contributed by atoms with Crippen molar-refractivity contribution in [1.82, 2.24) is 24.8 Å². The van der Waals surface area contributed by atoms with Gasteiger partial charge in [-0.15, -0.1) is 0 Å². The third-order valence-corrected chi connectivity index (χ3v) is 4.46. The quantitative estimate of drug-likeness (QED) is 0.473. The number of imidazole rings is 1. The molecule has 0 bridgehead atoms. The highest BCUT2D eigenvalue weighted by atomic mass is 19.1. The molecule has 0 radical (unpaired) electrons. The lowest BCUT2D eigenvalue weighted by molar-refractivity contribution is 0.251. The molecule has 0 fully saturated rings. The number of rotatable bonds is 6. The first-order chi connectivity index (χ1) is 14.6. The van der Waals surface area contributed by atoms with Gasteiger partial charge in [0.1, 0.15) is 23.0 Å². The van der Waals surface area contributed by atoms with E-state index in [2.05, 4.69) is 25.6 Å². The van der Waals surface area contributed by atoms with E-state index in [4.69, 9.17) is 0 Å². The molecule has 30 heavy (non-hydrogen) atoms. The van der Waals surface area contributed by atoms with E-state index in [-0.39, 0.29) is 5.69 Å². The normalized spacial score (nSPS) is 10.9. The average molecular weight is 408 g/mol. The standard InChI is InChI=1S/C21H18F2N6O/c22-15-4-5-16(23)18(13-15)28-21(30)26-9-2-12-29-19(14-6-10-24-11-7-14)27-17-3-1-8-25-20(17)29/h1,3-8,10-11,13H,2,9,12H2,(H2,26,28,30). The maximum atomic E-state index is 13.6. The summed E-state index contributed by atoms with van der Waals surface area (Å²) in [5.74, 6) is -0.572. The molecule has 9 heteroatoms. The van der Waals surface area contributed by atoms with Crippen LogP contribution in [0.4, 0.5) is 19.3 Å². The zero-order valence-electron chi connectivity index (χ0n) is 15.8. The molecular weight excluding hydrogens is 390 g/mol. The molecule has 3 aromatic heterocycles. The number of nitrogens with one attached hydrogen (secondary N) is 2. The summed E-state index contributed by atoms with van der Waals surface area (Å²) in [6, 6.07) is 9.73. The van der Waals surface area contributed by atoms with Crippen molar-refractivity contribution in [3.63, 3.8) is 0 Å². The van der Waals surface area contributed by atoms with Crippen molar-refractivity contribution in [2.75, 3.05) is 11.9 Å². The molecule has 2 amide bonds. The van der Waals surface area contributed by atoms with Crippen LogP contribution in [0.3, 0.4) is 0 Å². The van der Waals surface area contributed by atoms with Crippen molar-refractivity contribution >= 4 is 22.9 Å². The Morgan fingerprint density at radius 3 is 2.73 bits per heavy atom. The summed E-state index contributed by atoms with van der Waals surface area (Å²) in [6.45, 7) is 0.880. The van der Waals surface area contributed by atoms with Crippen LogP contribution in [0.15, 0.2) is 61.1 Å². The van der Waals surface area contributed by atoms with E-state index in [1.165, 1.54) is 0 Å². The molecule has 0 unspecified atom stereocenters. The number of aryl methyl sites for hydroxylation is 1. The lowest BCUT2D eigenvalue weighted by Gasteiger charge is -2.11. The van der Waals surface area contributed by atoms with Crippen LogP contribution in [-0.2, 0) is 6.54 Å². The number of anilines is 1. The van der Waals surface area contributed by atoms with Crippen molar-refractivity contribution in [1.29, 1.82) is 0 Å². The largest absolute Gasteiger partial charge is 0.338 e. The number of carbonyl (C=O) groups is 1. The van der Waals surface area contributed by atoms with Gasteiger partial charge < -0.3 is 15.2 Å². The number of fused-ring (bicyclic) bond motifs is 1. The predicted molar refractivity (Wildman–Crippen MR) is 109 cm³/mol. The number of amides is 2. The summed E-state index contributed by atoms with van der Waals surface area (Å²) in [5, 5.41) is 4.95. The van der Waals surface area contributed by atoms with E-state index in [0.717, 1.165) is 40.8 Å². The predicted octanol–water partition coefficient (Wildman–Crippen LogP) is 3.98. The SMILES string of the molecule is O=C(NCCCn1c(-c2ccncc2)nc2cccnc21)Nc1cc(F)ccc1F. The Morgan fingerprint density at radius 2 is 1.90 bits per heavy atom. The third-order valence-electron chi connectivity index (χ3n) is 4.46. The fraction of sp³-hybridized carbons (Fsp3) is 0.143. The van der Waals surface area contributed by atoms with E-state index < -0.39 is 17.7 Å². The first-order valence-corrected chi connectivity index (χ1v) is 9.33. The van der Waals surface area contributed by atoms with Crippen molar-refractivity contribution < 1.29 is 13.6 Å². The van der Waals surface area contributed by atoms with Crippen LogP contribution in [0.25, 0.3) is 22.6 Å². The van der Waals surface area contributed by atoms with Gasteiger partial charge in [0.15, 0.2) is 5.65 Å². The molecule has 4 aromatic rings. The zero-order chi connectivity index (χ0) is 20.9. The highest BCUT2D eigenvalue weighted by molar-refractivity contribution is 5.89. The number of carbonyl (C=O) groups excluding carboxylic acids is 1. The topological polar surface area (TPSA) is 84.7 Å². The number of aromatic nitrogens is 4. The summed E-state index contributed by atoms with van der Waals surface area (Å²) in [4.78, 5) is 25.1. The Hall–Kier alpha value is -3.88. The van der Waals surface area contributed by atoms with Gasteiger partial charge in [-0.25, -0.2) is 23.5 Å². The monoisotopic (exact) mass is 408 g/mol. The van der Waals surface area contributed by atoms with Crippen LogP contribution in [0.5, 0.6) is 0 Å². The van der Waals surface area contributed by atoms with Gasteiger partial charge >= 0.3 is 6.03 Å². The van der Waals surface area contributed by atoms with Gasteiger partial charge in [-0.2, -0.15) is 0 Å². The Morgan fingerprint density at radius 1 is 1.07 bits per heavy atom. The summed E-state index contributed by atoms with van der Waals surface area (Å²) >= 11 is 0. The fourth-order valence-electron chi connectivity index (χ4n) is 3.09. The van der Waals surface area contributed by atoms with Crippen LogP contribution in [-0.4, -0.2) is 32.1 Å². The Kier molecular flexibility index (Phi) is 5.60. The fourth-order valence-corrected chi connectivity index (χ4v) is 3.09. The van der Waals surface area contributed by atoms with Crippen molar-refractivity contribution in [3.8, 4) is 11.4 Å². The molecule has 4 rings (SSSR count). The summed E-state index contributed by atoms with van der Waals surface area (Å²) < 4.78 is 28.8. The minimum Gasteiger partial charge on any atom is -0.338 e. The number of pyridine rings is 2. The molecule has 0 saturated carbocycles. The van der Waals surface area contributed by atoms with E-state index in [1.807, 2.05) is 28.8 Å². The number of hydrogen-bond acceptors (Lipinski definition) is 4. The minimum absolute atomic E-state index is 0.211. The van der Waals surface area contributed by atoms with Crippen LogP contribution >= 0.6 is 0 Å². The lowest BCUT2D eigenvalue weighted by Crippen LogP contribution is -2.30. The van der Waals surface area contributed by atoms with E-state index in [9.17, 15) is 13.6 Å². The number of urea groups is 1. The van der Waals surface area contributed by atoms with Gasteiger partial charge in [-0.05, 0) is 42.8 Å². The molecule has 0 aliphatic carbocycles. The Balaban J connectivity index is 1.42. The van der Waals surface area contributed by atoms with E-state index in [0.29, 0.717) is 19.5 Å². The van der Waals surface area contributed by atoms with Crippen molar-refractivity contribution in [3.05, 3.63) is 72.7 Å². The van der Waals surface area contributed by atoms with Gasteiger partial charge in [0.25, 0.3) is 0 Å². The van der Waals surface area contributed by atoms with Gasteiger partial charge in [0, 0.05) is 43.3 Å². The van der Waals surface area contributed by atoms with E-state index >= 15 is 0 Å². The van der Waals surface area contributed by atoms with Crippen molar-refractivity contribution in [2.45, 2.75) is 13.0 Å². The summed E-state index contributed by atoms with van der Waals surface area (Å²) in [6.07, 6.45) is 5.68. The number of hydrogen-bond donors (Lipinski definition) is 2. The zero-order valence-corrected chi connectivity index (χ0v) is 15.8. The lowest BCUT2D eigenvalue weighted by atomic mass is 10.2. The Bertz CT molecular complexity index is 1180. The first-order valence-electron chi connectivity index (χ1n) is 9.33. The van der Waals surface area contributed by atoms with E-state index in [1.54, 1.807) is 18.6 Å². The van der Waals surface area contributed by atoms with Crippen LogP contribution < -0.4 is 10.6 Å². The first kappa shape index (κ1) is 19.4. The molecule has 0 aliphatic rings. The second-order valence-corrected chi connectivity index (χ2v) is 6.53. The van der Waals surface area contributed by atoms with Crippen molar-refractivity contribution in [2.24, 2.45) is 0 Å². The van der Waals surface area contributed by atoms with Crippen LogP contribution in [0.2, 0.25) is 0 Å². The van der Waals surface area contributed by atoms with Crippen LogP contribution in [0, 0.1) is 11.6 Å². The molecule has 1 aromatic carbocycles. The summed E-state index contributed by atoms with van der Waals surface area (Å²) in [5.41, 5.74) is 2.22. The molecule has 3 heterocycles. The molecule has 0 atom stereocenters.